The molecule has 1 unspecified atom stereocenters. The predicted octanol–water partition coefficient (Wildman–Crippen LogP) is 1.59. The molecule has 1 atom stereocenters. The number of rotatable bonds is 5. The lowest BCUT2D eigenvalue weighted by atomic mass is 10.3. The highest BCUT2D eigenvalue weighted by molar-refractivity contribution is 7.85. The fraction of sp³-hybridized carbons (Fsp3) is 0.308. The Labute approximate surface area is 114 Å². The third-order valence-electron chi connectivity index (χ3n) is 2.87. The van der Waals surface area contributed by atoms with E-state index in [4.69, 9.17) is 10.5 Å². The van der Waals surface area contributed by atoms with E-state index in [1.165, 1.54) is 0 Å². The van der Waals surface area contributed by atoms with E-state index in [-0.39, 0.29) is 0 Å². The molecule has 0 saturated heterocycles. The van der Waals surface area contributed by atoms with Crippen molar-refractivity contribution in [1.29, 1.82) is 0 Å². The van der Waals surface area contributed by atoms with Crippen molar-refractivity contribution >= 4 is 16.5 Å². The van der Waals surface area contributed by atoms with Gasteiger partial charge in [-0.3, -0.25) is 4.21 Å². The number of anilines is 1. The van der Waals surface area contributed by atoms with Crippen LogP contribution in [-0.4, -0.2) is 26.6 Å². The van der Waals surface area contributed by atoms with Crippen molar-refractivity contribution in [3.05, 3.63) is 36.4 Å². The first-order valence-electron chi connectivity index (χ1n) is 5.91. The first-order chi connectivity index (χ1) is 9.11. The maximum atomic E-state index is 12.3. The molecule has 0 aliphatic rings. The van der Waals surface area contributed by atoms with Gasteiger partial charge in [-0.15, -0.1) is 0 Å². The van der Waals surface area contributed by atoms with Crippen LogP contribution in [0.4, 0.5) is 5.69 Å². The van der Waals surface area contributed by atoms with Gasteiger partial charge in [0.25, 0.3) is 0 Å². The molecule has 0 bridgehead atoms. The number of ether oxygens (including phenoxy) is 1. The fourth-order valence-corrected chi connectivity index (χ4v) is 2.97. The van der Waals surface area contributed by atoms with E-state index in [9.17, 15) is 4.21 Å². The van der Waals surface area contributed by atoms with Crippen molar-refractivity contribution in [1.82, 2.24) is 9.55 Å². The number of imidazole rings is 1. The summed E-state index contributed by atoms with van der Waals surface area (Å²) in [6.45, 7) is 2.58. The van der Waals surface area contributed by atoms with Crippen molar-refractivity contribution in [2.75, 3.05) is 18.6 Å². The quantitative estimate of drug-likeness (QED) is 0.844. The van der Waals surface area contributed by atoms with Crippen molar-refractivity contribution in [2.24, 2.45) is 0 Å². The maximum Gasteiger partial charge on any atom is 0.137 e. The smallest absolute Gasteiger partial charge is 0.137 e. The van der Waals surface area contributed by atoms with Gasteiger partial charge in [-0.1, -0.05) is 0 Å². The normalized spacial score (nSPS) is 12.3. The summed E-state index contributed by atoms with van der Waals surface area (Å²) in [7, 11) is 0.426. The standard InChI is InChI=1S/C13H17N3O2S/c1-10-15-5-6-16(10)7-8-19(17)13-4-3-11(14)9-12(13)18-2/h3-6,9H,7-8,14H2,1-2H3. The molecule has 0 fully saturated rings. The summed E-state index contributed by atoms with van der Waals surface area (Å²) in [4.78, 5) is 4.81. The molecule has 0 aliphatic heterocycles. The molecule has 2 rings (SSSR count). The molecule has 5 nitrogen and oxygen atoms in total. The van der Waals surface area contributed by atoms with Gasteiger partial charge in [-0.05, 0) is 19.1 Å². The number of nitrogens with two attached hydrogens (primary N) is 1. The summed E-state index contributed by atoms with van der Waals surface area (Å²) in [6, 6.07) is 5.18. The van der Waals surface area contributed by atoms with Crippen LogP contribution in [0.3, 0.4) is 0 Å². The minimum absolute atomic E-state index is 0.511. The summed E-state index contributed by atoms with van der Waals surface area (Å²) >= 11 is 0. The highest BCUT2D eigenvalue weighted by Crippen LogP contribution is 2.24. The lowest BCUT2D eigenvalue weighted by Gasteiger charge is -2.10. The minimum Gasteiger partial charge on any atom is -0.495 e. The fourth-order valence-electron chi connectivity index (χ4n) is 1.80. The second kappa shape index (κ2) is 5.88. The van der Waals surface area contributed by atoms with E-state index >= 15 is 0 Å². The van der Waals surface area contributed by atoms with E-state index in [0.29, 0.717) is 28.6 Å². The van der Waals surface area contributed by atoms with Crippen molar-refractivity contribution in [2.45, 2.75) is 18.4 Å². The second-order valence-corrected chi connectivity index (χ2v) is 5.67. The van der Waals surface area contributed by atoms with Crippen LogP contribution in [0.2, 0.25) is 0 Å². The van der Waals surface area contributed by atoms with Gasteiger partial charge >= 0.3 is 0 Å². The van der Waals surface area contributed by atoms with Gasteiger partial charge in [-0.2, -0.15) is 0 Å². The Morgan fingerprint density at radius 2 is 2.26 bits per heavy atom. The van der Waals surface area contributed by atoms with E-state index in [1.54, 1.807) is 31.5 Å². The first kappa shape index (κ1) is 13.6. The van der Waals surface area contributed by atoms with E-state index in [1.807, 2.05) is 17.7 Å². The molecule has 0 spiro atoms. The monoisotopic (exact) mass is 279 g/mol. The number of hydrogen-bond donors (Lipinski definition) is 1. The van der Waals surface area contributed by atoms with Gasteiger partial charge in [0, 0.05) is 36.4 Å². The molecular weight excluding hydrogens is 262 g/mol. The Morgan fingerprint density at radius 1 is 1.47 bits per heavy atom. The Balaban J connectivity index is 2.10. The van der Waals surface area contributed by atoms with Gasteiger partial charge in [0.15, 0.2) is 0 Å². The highest BCUT2D eigenvalue weighted by Gasteiger charge is 2.11. The van der Waals surface area contributed by atoms with Gasteiger partial charge in [0.1, 0.15) is 11.6 Å². The van der Waals surface area contributed by atoms with Crippen LogP contribution < -0.4 is 10.5 Å². The molecule has 1 aromatic heterocycles. The van der Waals surface area contributed by atoms with E-state index in [2.05, 4.69) is 4.98 Å². The third-order valence-corrected chi connectivity index (χ3v) is 4.26. The molecule has 19 heavy (non-hydrogen) atoms. The van der Waals surface area contributed by atoms with Gasteiger partial charge in [0.2, 0.25) is 0 Å². The number of nitrogens with zero attached hydrogens (tertiary/aromatic N) is 2. The molecule has 1 aromatic carbocycles. The molecule has 1 heterocycles. The number of benzene rings is 1. The van der Waals surface area contributed by atoms with E-state index in [0.717, 1.165) is 5.82 Å². The molecule has 2 N–H and O–H groups in total. The SMILES string of the molecule is COc1cc(N)ccc1S(=O)CCn1ccnc1C. The van der Waals surface area contributed by atoms with Crippen molar-refractivity contribution in [3.8, 4) is 5.75 Å². The molecule has 2 aromatic rings. The van der Waals surface area contributed by atoms with Crippen LogP contribution in [0.15, 0.2) is 35.5 Å². The molecular formula is C13H17N3O2S. The highest BCUT2D eigenvalue weighted by atomic mass is 32.2. The Hall–Kier alpha value is -1.82. The first-order valence-corrected chi connectivity index (χ1v) is 7.23. The Morgan fingerprint density at radius 3 is 2.89 bits per heavy atom. The second-order valence-electron chi connectivity index (χ2n) is 4.13. The summed E-state index contributed by atoms with van der Waals surface area (Å²) < 4.78 is 19.5. The zero-order valence-electron chi connectivity index (χ0n) is 11.0. The van der Waals surface area contributed by atoms with Crippen LogP contribution in [0, 0.1) is 6.92 Å². The maximum absolute atomic E-state index is 12.3. The topological polar surface area (TPSA) is 70.1 Å². The zero-order valence-corrected chi connectivity index (χ0v) is 11.8. The molecule has 0 radical (unpaired) electrons. The largest absolute Gasteiger partial charge is 0.495 e. The van der Waals surface area contributed by atoms with Crippen LogP contribution in [0.25, 0.3) is 0 Å². The summed E-state index contributed by atoms with van der Waals surface area (Å²) in [5.74, 6) is 2.00. The van der Waals surface area contributed by atoms with Gasteiger partial charge in [-0.25, -0.2) is 4.98 Å². The van der Waals surface area contributed by atoms with Crippen molar-refractivity contribution in [3.63, 3.8) is 0 Å². The average molecular weight is 279 g/mol. The summed E-state index contributed by atoms with van der Waals surface area (Å²) in [5, 5.41) is 0. The summed E-state index contributed by atoms with van der Waals surface area (Å²) in [5.41, 5.74) is 6.28. The molecule has 0 amide bonds. The Bertz CT molecular complexity index is 595. The average Bonchev–Trinajstić information content (AvgIpc) is 2.81. The third kappa shape index (κ3) is 3.14. The molecule has 0 aliphatic carbocycles. The van der Waals surface area contributed by atoms with E-state index < -0.39 is 10.8 Å². The van der Waals surface area contributed by atoms with Gasteiger partial charge in [0.05, 0.1) is 22.8 Å². The molecule has 0 saturated carbocycles. The zero-order chi connectivity index (χ0) is 13.8. The number of nitrogen functional groups attached to an aromatic ring is 1. The van der Waals surface area contributed by atoms with Gasteiger partial charge < -0.3 is 15.0 Å². The summed E-state index contributed by atoms with van der Waals surface area (Å²) in [6.07, 6.45) is 3.62. The lowest BCUT2D eigenvalue weighted by Crippen LogP contribution is -2.09. The van der Waals surface area contributed by atoms with Crippen LogP contribution in [0.1, 0.15) is 5.82 Å². The molecule has 6 heteroatoms. The number of methoxy groups -OCH3 is 1. The van der Waals surface area contributed by atoms with Crippen LogP contribution in [-0.2, 0) is 17.3 Å². The van der Waals surface area contributed by atoms with Crippen molar-refractivity contribution < 1.29 is 8.95 Å². The lowest BCUT2D eigenvalue weighted by molar-refractivity contribution is 0.404. The number of aryl methyl sites for hydroxylation is 2. The van der Waals surface area contributed by atoms with Crippen LogP contribution >= 0.6 is 0 Å². The Kier molecular flexibility index (Phi) is 4.21. The van der Waals surface area contributed by atoms with Crippen LogP contribution in [0.5, 0.6) is 5.75 Å². The number of aromatic nitrogens is 2. The number of hydrogen-bond acceptors (Lipinski definition) is 4. The minimum atomic E-state index is -1.13. The molecule has 102 valence electrons. The predicted molar refractivity (Wildman–Crippen MR) is 75.6 cm³/mol.